The van der Waals surface area contributed by atoms with Gasteiger partial charge < -0.3 is 19.9 Å². The number of fused-ring (bicyclic) bond motifs is 1. The number of pyridine rings is 1. The quantitative estimate of drug-likeness (QED) is 0.650. The largest absolute Gasteiger partial charge is 0.488 e. The molecule has 5 rings (SSSR count). The van der Waals surface area contributed by atoms with E-state index in [1.807, 2.05) is 28.6 Å². The zero-order valence-corrected chi connectivity index (χ0v) is 19.0. The molecule has 1 N–H and O–H groups in total. The summed E-state index contributed by atoms with van der Waals surface area (Å²) in [6.45, 7) is 7.49. The molecular weight excluding hydrogens is 418 g/mol. The van der Waals surface area contributed by atoms with E-state index in [0.717, 1.165) is 54.3 Å². The molecule has 0 saturated carbocycles. The Bertz CT molecular complexity index is 1160. The lowest BCUT2D eigenvalue weighted by atomic mass is 10.0. The second-order valence-electron chi connectivity index (χ2n) is 8.89. The lowest BCUT2D eigenvalue weighted by Gasteiger charge is -2.35. The fraction of sp³-hybridized carbons (Fsp3) is 0.400. The Balaban J connectivity index is 1.35. The maximum absolute atomic E-state index is 11.6. The maximum Gasteiger partial charge on any atom is 0.220 e. The number of aromatic nitrogens is 2. The molecule has 2 fully saturated rings. The van der Waals surface area contributed by atoms with Crippen LogP contribution in [-0.2, 0) is 9.59 Å². The number of anilines is 1. The summed E-state index contributed by atoms with van der Waals surface area (Å²) >= 11 is 0. The van der Waals surface area contributed by atoms with Crippen LogP contribution in [0.5, 0.6) is 5.75 Å². The topological polar surface area (TPSA) is 79.2 Å². The Morgan fingerprint density at radius 3 is 2.55 bits per heavy atom. The van der Waals surface area contributed by atoms with Crippen molar-refractivity contribution in [2.24, 2.45) is 5.92 Å². The molecule has 4 heterocycles. The van der Waals surface area contributed by atoms with Gasteiger partial charge in [-0.15, -0.1) is 0 Å². The number of nitrogens with one attached hydrogen (secondary N) is 1. The highest BCUT2D eigenvalue weighted by Crippen LogP contribution is 2.31. The van der Waals surface area contributed by atoms with Crippen molar-refractivity contribution < 1.29 is 14.3 Å². The smallest absolute Gasteiger partial charge is 0.220 e. The molecule has 8 nitrogen and oxygen atoms in total. The lowest BCUT2D eigenvalue weighted by molar-refractivity contribution is -0.129. The molecule has 2 aliphatic rings. The van der Waals surface area contributed by atoms with Crippen LogP contribution in [0.15, 0.2) is 48.8 Å². The van der Waals surface area contributed by atoms with Crippen LogP contribution in [0.4, 0.5) is 5.69 Å². The Kier molecular flexibility index (Phi) is 5.66. The predicted molar refractivity (Wildman–Crippen MR) is 126 cm³/mol. The summed E-state index contributed by atoms with van der Waals surface area (Å²) in [5.74, 6) is 1.15. The first-order valence-electron chi connectivity index (χ1n) is 11.5. The third-order valence-electron chi connectivity index (χ3n) is 6.75. The van der Waals surface area contributed by atoms with Gasteiger partial charge in [0.2, 0.25) is 11.8 Å². The molecule has 1 unspecified atom stereocenters. The van der Waals surface area contributed by atoms with E-state index in [-0.39, 0.29) is 23.8 Å². The number of carbonyl (C=O) groups is 2. The van der Waals surface area contributed by atoms with E-state index in [2.05, 4.69) is 45.6 Å². The molecule has 3 aromatic rings. The van der Waals surface area contributed by atoms with E-state index in [1.165, 1.54) is 0 Å². The number of nitrogens with zero attached hydrogens (tertiary/aromatic N) is 4. The van der Waals surface area contributed by atoms with Crippen molar-refractivity contribution in [3.05, 3.63) is 48.8 Å². The highest BCUT2D eigenvalue weighted by molar-refractivity contribution is 5.78. The summed E-state index contributed by atoms with van der Waals surface area (Å²) in [4.78, 5) is 27.4. The van der Waals surface area contributed by atoms with E-state index in [1.54, 1.807) is 13.1 Å². The molecule has 2 atom stereocenters. The van der Waals surface area contributed by atoms with Crippen LogP contribution in [0.3, 0.4) is 0 Å². The molecule has 0 spiro atoms. The maximum atomic E-state index is 11.6. The molecule has 2 aliphatic heterocycles. The summed E-state index contributed by atoms with van der Waals surface area (Å²) in [5.41, 5.74) is 4.16. The zero-order valence-electron chi connectivity index (χ0n) is 19.0. The molecule has 0 aliphatic carbocycles. The number of carbonyl (C=O) groups excluding carboxylic acids is 2. The van der Waals surface area contributed by atoms with Gasteiger partial charge in [0.05, 0.1) is 6.20 Å². The molecule has 2 saturated heterocycles. The number of benzene rings is 1. The van der Waals surface area contributed by atoms with Crippen molar-refractivity contribution in [1.29, 1.82) is 0 Å². The van der Waals surface area contributed by atoms with Crippen molar-refractivity contribution in [2.75, 3.05) is 37.6 Å². The fourth-order valence-corrected chi connectivity index (χ4v) is 4.65. The van der Waals surface area contributed by atoms with Crippen LogP contribution >= 0.6 is 0 Å². The van der Waals surface area contributed by atoms with Gasteiger partial charge in [-0.2, -0.15) is 5.10 Å². The minimum absolute atomic E-state index is 0.0847. The number of rotatable bonds is 5. The van der Waals surface area contributed by atoms with E-state index < -0.39 is 0 Å². The fourth-order valence-electron chi connectivity index (χ4n) is 4.65. The van der Waals surface area contributed by atoms with Gasteiger partial charge in [-0.05, 0) is 36.8 Å². The third kappa shape index (κ3) is 4.37. The van der Waals surface area contributed by atoms with Crippen LogP contribution in [-0.4, -0.2) is 65.2 Å². The van der Waals surface area contributed by atoms with Crippen LogP contribution in [0, 0.1) is 5.92 Å². The zero-order chi connectivity index (χ0) is 22.9. The van der Waals surface area contributed by atoms with Crippen LogP contribution in [0.2, 0.25) is 0 Å². The highest BCUT2D eigenvalue weighted by Gasteiger charge is 2.28. The molecule has 0 bridgehead atoms. The summed E-state index contributed by atoms with van der Waals surface area (Å²) in [6, 6.07) is 12.5. The first-order chi connectivity index (χ1) is 16.0. The summed E-state index contributed by atoms with van der Waals surface area (Å²) in [6.07, 6.45) is 4.18. The average Bonchev–Trinajstić information content (AvgIpc) is 3.48. The van der Waals surface area contributed by atoms with Crippen molar-refractivity contribution in [2.45, 2.75) is 26.4 Å². The lowest BCUT2D eigenvalue weighted by Crippen LogP contribution is -2.48. The van der Waals surface area contributed by atoms with Gasteiger partial charge in [0, 0.05) is 69.4 Å². The Morgan fingerprint density at radius 1 is 1.12 bits per heavy atom. The van der Waals surface area contributed by atoms with Gasteiger partial charge in [-0.3, -0.25) is 9.59 Å². The van der Waals surface area contributed by atoms with Crippen molar-refractivity contribution in [1.82, 2.24) is 19.8 Å². The molecule has 2 amide bonds. The van der Waals surface area contributed by atoms with E-state index in [4.69, 9.17) is 4.74 Å². The van der Waals surface area contributed by atoms with Gasteiger partial charge in [-0.1, -0.05) is 12.1 Å². The van der Waals surface area contributed by atoms with Gasteiger partial charge in [0.25, 0.3) is 0 Å². The summed E-state index contributed by atoms with van der Waals surface area (Å²) in [7, 11) is 0. The minimum Gasteiger partial charge on any atom is -0.488 e. The number of piperazine rings is 1. The SMILES string of the molecule is CC(=O)N1CCN(c2ccc(-c3cc(O[C@H](C)C4CNC(=O)C4)c4ccnn4c3)cc2)CC1. The number of hydrogen-bond acceptors (Lipinski definition) is 5. The van der Waals surface area contributed by atoms with E-state index >= 15 is 0 Å². The summed E-state index contributed by atoms with van der Waals surface area (Å²) < 4.78 is 8.17. The highest BCUT2D eigenvalue weighted by atomic mass is 16.5. The molecular formula is C25H29N5O3. The third-order valence-corrected chi connectivity index (χ3v) is 6.75. The van der Waals surface area contributed by atoms with Crippen LogP contribution < -0.4 is 15.0 Å². The van der Waals surface area contributed by atoms with Crippen LogP contribution in [0.1, 0.15) is 20.3 Å². The standard InChI is InChI=1S/C25H29N5O3/c1-17(20-14-25(32)26-15-20)33-24-13-21(16-30-23(24)7-8-27-30)19-3-5-22(6-4-19)29-11-9-28(10-12-29)18(2)31/h3-8,13,16-17,20H,9-12,14-15H2,1-2H3,(H,26,32)/t17-,20?/m1/s1. The average molecular weight is 448 g/mol. The second-order valence-corrected chi connectivity index (χ2v) is 8.89. The summed E-state index contributed by atoms with van der Waals surface area (Å²) in [5, 5.41) is 7.31. The predicted octanol–water partition coefficient (Wildman–Crippen LogP) is 2.57. The first-order valence-corrected chi connectivity index (χ1v) is 11.5. The van der Waals surface area contributed by atoms with E-state index in [9.17, 15) is 9.59 Å². The van der Waals surface area contributed by atoms with Crippen LogP contribution in [0.25, 0.3) is 16.6 Å². The Morgan fingerprint density at radius 2 is 1.88 bits per heavy atom. The first kappa shape index (κ1) is 21.3. The Hall–Kier alpha value is -3.55. The van der Waals surface area contributed by atoms with Crippen molar-refractivity contribution in [3.8, 4) is 16.9 Å². The number of hydrogen-bond donors (Lipinski definition) is 1. The molecule has 0 radical (unpaired) electrons. The van der Waals surface area contributed by atoms with Crippen molar-refractivity contribution >= 4 is 23.0 Å². The second kappa shape index (κ2) is 8.77. The van der Waals surface area contributed by atoms with E-state index in [0.29, 0.717) is 13.0 Å². The number of amides is 2. The Labute approximate surface area is 193 Å². The van der Waals surface area contributed by atoms with Gasteiger partial charge in [-0.25, -0.2) is 4.52 Å². The van der Waals surface area contributed by atoms with Gasteiger partial charge in [0.15, 0.2) is 0 Å². The van der Waals surface area contributed by atoms with Crippen molar-refractivity contribution in [3.63, 3.8) is 0 Å². The van der Waals surface area contributed by atoms with Gasteiger partial charge in [0.1, 0.15) is 17.4 Å². The molecule has 33 heavy (non-hydrogen) atoms. The normalized spacial score (nSPS) is 19.6. The number of ether oxygens (including phenoxy) is 1. The molecule has 2 aromatic heterocycles. The van der Waals surface area contributed by atoms with Gasteiger partial charge >= 0.3 is 0 Å². The molecule has 1 aromatic carbocycles. The molecule has 172 valence electrons. The monoisotopic (exact) mass is 447 g/mol. The minimum atomic E-state index is -0.0889. The molecule has 8 heteroatoms.